The fourth-order valence-electron chi connectivity index (χ4n) is 0.533. The van der Waals surface area contributed by atoms with Gasteiger partial charge >= 0.3 is 6.18 Å². The van der Waals surface area contributed by atoms with Gasteiger partial charge in [-0.25, -0.2) is 0 Å². The van der Waals surface area contributed by atoms with Crippen LogP contribution in [-0.4, -0.2) is 30.2 Å². The van der Waals surface area contributed by atoms with Crippen molar-refractivity contribution in [2.45, 2.75) is 18.7 Å². The van der Waals surface area contributed by atoms with Crippen LogP contribution in [0, 0.1) is 0 Å². The first-order valence-electron chi connectivity index (χ1n) is 3.44. The molecule has 0 heterocycles. The number of hydrogen-bond donors (Lipinski definition) is 1. The molecule has 0 amide bonds. The van der Waals surface area contributed by atoms with E-state index in [1.165, 1.54) is 7.11 Å². The monoisotopic (exact) mass is 323 g/mol. The van der Waals surface area contributed by atoms with Crippen molar-refractivity contribution in [2.24, 2.45) is 5.16 Å². The minimum absolute atomic E-state index is 0.382. The molecule has 0 aliphatic rings. The Balaban J connectivity index is 4.96. The Morgan fingerprint density at radius 2 is 2.00 bits per heavy atom. The van der Waals surface area contributed by atoms with E-state index in [9.17, 15) is 18.3 Å². The van der Waals surface area contributed by atoms with Gasteiger partial charge in [-0.05, 0) is 11.0 Å². The van der Waals surface area contributed by atoms with Crippen molar-refractivity contribution in [1.82, 2.24) is 0 Å². The zero-order valence-corrected chi connectivity index (χ0v) is 9.63. The van der Waals surface area contributed by atoms with Gasteiger partial charge in [0.25, 0.3) is 0 Å². The van der Waals surface area contributed by atoms with Gasteiger partial charge in [0.05, 0.1) is 6.21 Å². The molecule has 3 nitrogen and oxygen atoms in total. The first kappa shape index (κ1) is 13.7. The molecule has 0 saturated heterocycles. The van der Waals surface area contributed by atoms with Gasteiger partial charge in [-0.2, -0.15) is 13.2 Å². The molecule has 0 aromatic carbocycles. The van der Waals surface area contributed by atoms with Crippen LogP contribution in [0.1, 0.15) is 6.92 Å². The number of oxime groups is 1. The van der Waals surface area contributed by atoms with Crippen molar-refractivity contribution in [1.29, 1.82) is 0 Å². The third-order valence-corrected chi connectivity index (χ3v) is 2.20. The van der Waals surface area contributed by atoms with Gasteiger partial charge in [0, 0.05) is 5.57 Å². The molecule has 0 aromatic heterocycles. The Kier molecular flexibility index (Phi) is 4.85. The van der Waals surface area contributed by atoms with Crippen molar-refractivity contribution in [3.8, 4) is 0 Å². The first-order chi connectivity index (χ1) is 6.27. The van der Waals surface area contributed by atoms with Crippen molar-refractivity contribution in [3.63, 3.8) is 0 Å². The molecule has 0 saturated carbocycles. The lowest BCUT2D eigenvalue weighted by Gasteiger charge is -2.26. The summed E-state index contributed by atoms with van der Waals surface area (Å²) in [5, 5.41) is 12.4. The van der Waals surface area contributed by atoms with Crippen LogP contribution in [0.15, 0.2) is 14.8 Å². The second-order valence-electron chi connectivity index (χ2n) is 2.55. The zero-order chi connectivity index (χ0) is 11.4. The molecule has 0 aliphatic carbocycles. The molecule has 14 heavy (non-hydrogen) atoms. The average Bonchev–Trinajstić information content (AvgIpc) is 2.03. The molecule has 0 aromatic rings. The van der Waals surface area contributed by atoms with E-state index in [0.717, 1.165) is 10.3 Å². The van der Waals surface area contributed by atoms with E-state index >= 15 is 0 Å². The quantitative estimate of drug-likeness (QED) is 0.492. The molecule has 0 aliphatic heterocycles. The standard InChI is InChI=1S/C7H9F3INO2/c1-6(13,7(8,9)10)5(3-11)4-12-14-2/h3-4,13H,1-2H3/b5-3+,12-4+/t6-/m1/s1. The number of rotatable bonds is 3. The van der Waals surface area contributed by atoms with E-state index in [0.29, 0.717) is 6.92 Å². The molecule has 82 valence electrons. The van der Waals surface area contributed by atoms with Crippen LogP contribution >= 0.6 is 22.6 Å². The lowest BCUT2D eigenvalue weighted by molar-refractivity contribution is -0.234. The lowest BCUT2D eigenvalue weighted by Crippen LogP contribution is -2.44. The summed E-state index contributed by atoms with van der Waals surface area (Å²) in [4.78, 5) is 4.23. The summed E-state index contributed by atoms with van der Waals surface area (Å²) in [5.74, 6) is 0. The molecule has 1 N–H and O–H groups in total. The molecule has 0 radical (unpaired) electrons. The third-order valence-electron chi connectivity index (χ3n) is 1.53. The number of aliphatic hydroxyl groups is 1. The van der Waals surface area contributed by atoms with E-state index < -0.39 is 11.8 Å². The fourth-order valence-corrected chi connectivity index (χ4v) is 1.30. The van der Waals surface area contributed by atoms with Gasteiger partial charge < -0.3 is 9.94 Å². The maximum Gasteiger partial charge on any atom is 0.421 e. The van der Waals surface area contributed by atoms with Crippen LogP contribution in [0.3, 0.4) is 0 Å². The Bertz CT molecular complexity index is 248. The molecule has 1 atom stereocenters. The maximum atomic E-state index is 12.3. The molecule has 0 fully saturated rings. The van der Waals surface area contributed by atoms with Crippen molar-refractivity contribution in [3.05, 3.63) is 9.66 Å². The first-order valence-corrected chi connectivity index (χ1v) is 4.68. The van der Waals surface area contributed by atoms with Crippen LogP contribution < -0.4 is 0 Å². The van der Waals surface area contributed by atoms with Crippen LogP contribution in [0.5, 0.6) is 0 Å². The Morgan fingerprint density at radius 3 is 2.29 bits per heavy atom. The van der Waals surface area contributed by atoms with E-state index in [1.807, 2.05) is 0 Å². The van der Waals surface area contributed by atoms with Gasteiger partial charge in [0.1, 0.15) is 7.11 Å². The summed E-state index contributed by atoms with van der Waals surface area (Å²) in [6, 6.07) is 0. The second-order valence-corrected chi connectivity index (χ2v) is 3.17. The summed E-state index contributed by atoms with van der Waals surface area (Å²) >= 11 is 1.59. The third kappa shape index (κ3) is 3.12. The Hall–Kier alpha value is -0.310. The molecule has 0 rings (SSSR count). The predicted octanol–water partition coefficient (Wildman–Crippen LogP) is 2.25. The summed E-state index contributed by atoms with van der Waals surface area (Å²) < 4.78 is 38.0. The Labute approximate surface area is 92.8 Å². The fraction of sp³-hybridized carbons (Fsp3) is 0.571. The maximum absolute atomic E-state index is 12.3. The van der Waals surface area contributed by atoms with Crippen LogP contribution in [0.25, 0.3) is 0 Å². The zero-order valence-electron chi connectivity index (χ0n) is 7.47. The van der Waals surface area contributed by atoms with E-state index in [4.69, 9.17) is 0 Å². The Morgan fingerprint density at radius 1 is 1.50 bits per heavy atom. The highest BCUT2D eigenvalue weighted by Gasteiger charge is 2.52. The van der Waals surface area contributed by atoms with E-state index in [1.54, 1.807) is 22.6 Å². The SMILES string of the molecule is CO/N=C/C(=C\I)[C@@](C)(O)C(F)(F)F. The number of hydrogen-bond acceptors (Lipinski definition) is 3. The van der Waals surface area contributed by atoms with Crippen LogP contribution in [0.2, 0.25) is 0 Å². The number of halogens is 4. The van der Waals surface area contributed by atoms with Crippen LogP contribution in [0.4, 0.5) is 13.2 Å². The van der Waals surface area contributed by atoms with Gasteiger partial charge in [0.15, 0.2) is 5.60 Å². The molecule has 0 spiro atoms. The van der Waals surface area contributed by atoms with Crippen LogP contribution in [-0.2, 0) is 4.84 Å². The van der Waals surface area contributed by atoms with Crippen molar-refractivity contribution >= 4 is 28.8 Å². The van der Waals surface area contributed by atoms with Crippen molar-refractivity contribution < 1.29 is 23.1 Å². The molecule has 0 bridgehead atoms. The van der Waals surface area contributed by atoms with Gasteiger partial charge in [-0.3, -0.25) is 0 Å². The highest BCUT2D eigenvalue weighted by molar-refractivity contribution is 14.1. The predicted molar refractivity (Wildman–Crippen MR) is 54.3 cm³/mol. The highest BCUT2D eigenvalue weighted by atomic mass is 127. The largest absolute Gasteiger partial charge is 0.421 e. The highest BCUT2D eigenvalue weighted by Crippen LogP contribution is 2.35. The second kappa shape index (κ2) is 4.96. The van der Waals surface area contributed by atoms with Gasteiger partial charge in [-0.15, -0.1) is 0 Å². The summed E-state index contributed by atoms with van der Waals surface area (Å²) in [6.07, 6.45) is -3.93. The molecule has 0 unspecified atom stereocenters. The molecular weight excluding hydrogens is 314 g/mol. The van der Waals surface area contributed by atoms with Crippen molar-refractivity contribution in [2.75, 3.05) is 7.11 Å². The van der Waals surface area contributed by atoms with Gasteiger partial charge in [-0.1, -0.05) is 27.7 Å². The summed E-state index contributed by atoms with van der Waals surface area (Å²) in [6.45, 7) is 0.652. The minimum Gasteiger partial charge on any atom is -0.399 e. The smallest absolute Gasteiger partial charge is 0.399 e. The van der Waals surface area contributed by atoms with Gasteiger partial charge in [0.2, 0.25) is 0 Å². The minimum atomic E-state index is -4.75. The molecular formula is C7H9F3INO2. The lowest BCUT2D eigenvalue weighted by atomic mass is 9.98. The summed E-state index contributed by atoms with van der Waals surface area (Å²) in [5.41, 5.74) is -3.30. The van der Waals surface area contributed by atoms with E-state index in [-0.39, 0.29) is 5.57 Å². The topological polar surface area (TPSA) is 41.8 Å². The average molecular weight is 323 g/mol. The number of alkyl halides is 3. The van der Waals surface area contributed by atoms with E-state index in [2.05, 4.69) is 9.99 Å². The number of nitrogens with zero attached hydrogens (tertiary/aromatic N) is 1. The molecule has 7 heteroatoms. The summed E-state index contributed by atoms with van der Waals surface area (Å²) in [7, 11) is 1.20. The normalized spacial score (nSPS) is 18.4.